The summed E-state index contributed by atoms with van der Waals surface area (Å²) in [5.74, 6) is 0.486. The smallest absolute Gasteiger partial charge is 0.224 e. The standard InChI is InChI=1S/C20H42N2O3S/c1-7-9-11-13-25-15-22(19(23)12-10-8-2)17(16(3)4)14-18(24-5)20(21)26-6/h16-18,20H,7-15,21H2,1-6H3. The van der Waals surface area contributed by atoms with Gasteiger partial charge in [0.1, 0.15) is 6.73 Å². The van der Waals surface area contributed by atoms with Gasteiger partial charge in [-0.2, -0.15) is 0 Å². The van der Waals surface area contributed by atoms with Crippen LogP contribution in [0.25, 0.3) is 0 Å². The molecule has 0 saturated carbocycles. The van der Waals surface area contributed by atoms with Gasteiger partial charge in [0.05, 0.1) is 11.5 Å². The average molecular weight is 391 g/mol. The lowest BCUT2D eigenvalue weighted by Gasteiger charge is -2.37. The summed E-state index contributed by atoms with van der Waals surface area (Å²) in [6.07, 6.45) is 8.50. The molecule has 0 radical (unpaired) electrons. The van der Waals surface area contributed by atoms with Crippen LogP contribution in [0, 0.1) is 5.92 Å². The molecule has 0 aromatic rings. The molecule has 2 N–H and O–H groups in total. The van der Waals surface area contributed by atoms with E-state index in [0.29, 0.717) is 25.7 Å². The molecular weight excluding hydrogens is 348 g/mol. The SMILES string of the molecule is CCCCCOCN(C(=O)CCCC)C(CC(OC)C(N)SC)C(C)C. The van der Waals surface area contributed by atoms with Crippen molar-refractivity contribution in [1.82, 2.24) is 4.90 Å². The van der Waals surface area contributed by atoms with Crippen LogP contribution >= 0.6 is 11.8 Å². The van der Waals surface area contributed by atoms with Gasteiger partial charge in [0.25, 0.3) is 0 Å². The minimum absolute atomic E-state index is 0.0636. The number of methoxy groups -OCH3 is 1. The van der Waals surface area contributed by atoms with E-state index in [1.54, 1.807) is 18.9 Å². The molecule has 0 heterocycles. The summed E-state index contributed by atoms with van der Waals surface area (Å²) in [5, 5.41) is -0.0979. The molecule has 0 aromatic heterocycles. The first-order valence-corrected chi connectivity index (χ1v) is 11.4. The molecule has 0 spiro atoms. The zero-order valence-corrected chi connectivity index (χ0v) is 18.6. The first kappa shape index (κ1) is 25.7. The van der Waals surface area contributed by atoms with Crippen molar-refractivity contribution in [2.45, 2.75) is 90.2 Å². The van der Waals surface area contributed by atoms with Crippen molar-refractivity contribution in [3.8, 4) is 0 Å². The van der Waals surface area contributed by atoms with Crippen LogP contribution in [0.5, 0.6) is 0 Å². The van der Waals surface area contributed by atoms with Crippen LogP contribution in [-0.2, 0) is 14.3 Å². The molecule has 156 valence electrons. The molecule has 6 heteroatoms. The van der Waals surface area contributed by atoms with Crippen molar-refractivity contribution in [2.24, 2.45) is 11.7 Å². The Hall–Kier alpha value is -0.300. The molecule has 26 heavy (non-hydrogen) atoms. The molecule has 0 aliphatic heterocycles. The van der Waals surface area contributed by atoms with Crippen LogP contribution in [0.15, 0.2) is 0 Å². The second kappa shape index (κ2) is 15.7. The first-order chi connectivity index (χ1) is 12.4. The zero-order valence-electron chi connectivity index (χ0n) is 17.8. The zero-order chi connectivity index (χ0) is 19.9. The Morgan fingerprint density at radius 2 is 1.81 bits per heavy atom. The van der Waals surface area contributed by atoms with Gasteiger partial charge in [0.2, 0.25) is 5.91 Å². The maximum absolute atomic E-state index is 12.8. The van der Waals surface area contributed by atoms with E-state index in [0.717, 1.165) is 32.1 Å². The number of unbranched alkanes of at least 4 members (excludes halogenated alkanes) is 3. The Kier molecular flexibility index (Phi) is 15.5. The van der Waals surface area contributed by atoms with Gasteiger partial charge in [-0.05, 0) is 31.4 Å². The summed E-state index contributed by atoms with van der Waals surface area (Å²) >= 11 is 1.59. The maximum Gasteiger partial charge on any atom is 0.224 e. The van der Waals surface area contributed by atoms with E-state index in [2.05, 4.69) is 27.7 Å². The number of hydrogen-bond donors (Lipinski definition) is 1. The van der Waals surface area contributed by atoms with E-state index < -0.39 is 0 Å². The molecule has 0 saturated heterocycles. The van der Waals surface area contributed by atoms with Crippen LogP contribution in [-0.4, -0.2) is 55.0 Å². The Balaban J connectivity index is 5.09. The second-order valence-electron chi connectivity index (χ2n) is 7.23. The van der Waals surface area contributed by atoms with Gasteiger partial charge in [-0.1, -0.05) is 47.0 Å². The lowest BCUT2D eigenvalue weighted by atomic mass is 9.95. The lowest BCUT2D eigenvalue weighted by molar-refractivity contribution is -0.143. The number of nitrogens with zero attached hydrogens (tertiary/aromatic N) is 1. The van der Waals surface area contributed by atoms with Gasteiger partial charge in [0, 0.05) is 26.2 Å². The summed E-state index contributed by atoms with van der Waals surface area (Å²) < 4.78 is 11.5. The number of ether oxygens (including phenoxy) is 2. The van der Waals surface area contributed by atoms with E-state index in [1.165, 1.54) is 6.42 Å². The predicted octanol–water partition coefficient (Wildman–Crippen LogP) is 4.25. The van der Waals surface area contributed by atoms with Crippen LogP contribution < -0.4 is 5.73 Å². The molecule has 5 nitrogen and oxygen atoms in total. The van der Waals surface area contributed by atoms with E-state index in [4.69, 9.17) is 15.2 Å². The van der Waals surface area contributed by atoms with Gasteiger partial charge in [-0.25, -0.2) is 0 Å². The second-order valence-corrected chi connectivity index (χ2v) is 8.25. The summed E-state index contributed by atoms with van der Waals surface area (Å²) in [5.41, 5.74) is 6.19. The summed E-state index contributed by atoms with van der Waals surface area (Å²) in [7, 11) is 1.70. The van der Waals surface area contributed by atoms with Crippen molar-refractivity contribution in [3.63, 3.8) is 0 Å². The third-order valence-electron chi connectivity index (χ3n) is 4.77. The number of rotatable bonds is 16. The lowest BCUT2D eigenvalue weighted by Crippen LogP contribution is -2.48. The molecule has 0 fully saturated rings. The van der Waals surface area contributed by atoms with Crippen LogP contribution in [0.2, 0.25) is 0 Å². The van der Waals surface area contributed by atoms with Gasteiger partial charge in [-0.3, -0.25) is 4.79 Å². The van der Waals surface area contributed by atoms with Crippen molar-refractivity contribution in [3.05, 3.63) is 0 Å². The molecule has 3 unspecified atom stereocenters. The Morgan fingerprint density at radius 3 is 2.31 bits per heavy atom. The normalized spacial score (nSPS) is 15.1. The molecule has 0 aromatic carbocycles. The van der Waals surface area contributed by atoms with Gasteiger partial charge in [-0.15, -0.1) is 11.8 Å². The maximum atomic E-state index is 12.8. The quantitative estimate of drug-likeness (QED) is 0.315. The molecule has 0 aliphatic carbocycles. The van der Waals surface area contributed by atoms with Gasteiger partial charge < -0.3 is 20.1 Å². The predicted molar refractivity (Wildman–Crippen MR) is 112 cm³/mol. The van der Waals surface area contributed by atoms with Crippen molar-refractivity contribution >= 4 is 17.7 Å². The number of thioether (sulfide) groups is 1. The highest BCUT2D eigenvalue weighted by Crippen LogP contribution is 2.23. The fourth-order valence-electron chi connectivity index (χ4n) is 2.95. The van der Waals surface area contributed by atoms with Gasteiger partial charge in [0.15, 0.2) is 0 Å². The highest BCUT2D eigenvalue weighted by atomic mass is 32.2. The summed E-state index contributed by atoms with van der Waals surface area (Å²) in [6.45, 7) is 9.65. The number of hydrogen-bond acceptors (Lipinski definition) is 5. The summed E-state index contributed by atoms with van der Waals surface area (Å²) in [6, 6.07) is 0.0636. The molecular formula is C20H42N2O3S. The highest BCUT2D eigenvalue weighted by Gasteiger charge is 2.30. The third-order valence-corrected chi connectivity index (χ3v) is 5.62. The molecule has 3 atom stereocenters. The third kappa shape index (κ3) is 10.1. The number of carbonyl (C=O) groups excluding carboxylic acids is 1. The molecule has 0 aliphatic rings. The fraction of sp³-hybridized carbons (Fsp3) is 0.950. The van der Waals surface area contributed by atoms with Gasteiger partial charge >= 0.3 is 0 Å². The Labute approximate surface area is 165 Å². The van der Waals surface area contributed by atoms with E-state index in [1.807, 2.05) is 11.2 Å². The van der Waals surface area contributed by atoms with E-state index >= 15 is 0 Å². The van der Waals surface area contributed by atoms with E-state index in [-0.39, 0.29) is 23.4 Å². The minimum atomic E-state index is -0.0979. The van der Waals surface area contributed by atoms with Crippen LogP contribution in [0.4, 0.5) is 0 Å². The largest absolute Gasteiger partial charge is 0.379 e. The van der Waals surface area contributed by atoms with Crippen LogP contribution in [0.3, 0.4) is 0 Å². The number of carbonyl (C=O) groups is 1. The Bertz CT molecular complexity index is 356. The fourth-order valence-corrected chi connectivity index (χ4v) is 3.48. The van der Waals surface area contributed by atoms with Crippen LogP contribution in [0.1, 0.15) is 72.6 Å². The number of nitrogens with two attached hydrogens (primary N) is 1. The minimum Gasteiger partial charge on any atom is -0.379 e. The molecule has 1 amide bonds. The number of amides is 1. The highest BCUT2D eigenvalue weighted by molar-refractivity contribution is 7.99. The molecule has 0 rings (SSSR count). The topological polar surface area (TPSA) is 64.8 Å². The molecule has 0 bridgehead atoms. The average Bonchev–Trinajstić information content (AvgIpc) is 2.63. The first-order valence-electron chi connectivity index (χ1n) is 10.1. The van der Waals surface area contributed by atoms with Crippen molar-refractivity contribution in [1.29, 1.82) is 0 Å². The van der Waals surface area contributed by atoms with Crippen molar-refractivity contribution < 1.29 is 14.3 Å². The van der Waals surface area contributed by atoms with E-state index in [9.17, 15) is 4.79 Å². The Morgan fingerprint density at radius 1 is 1.15 bits per heavy atom. The summed E-state index contributed by atoms with van der Waals surface area (Å²) in [4.78, 5) is 14.8. The van der Waals surface area contributed by atoms with Crippen molar-refractivity contribution in [2.75, 3.05) is 26.7 Å². The monoisotopic (exact) mass is 390 g/mol.